The largest absolute Gasteiger partial charge is 0.494 e. The molecule has 1 aliphatic rings. The van der Waals surface area contributed by atoms with Gasteiger partial charge in [-0.05, 0) is 63.4 Å². The lowest BCUT2D eigenvalue weighted by Crippen LogP contribution is -2.17. The van der Waals surface area contributed by atoms with E-state index in [2.05, 4.69) is 10.6 Å². The van der Waals surface area contributed by atoms with Gasteiger partial charge in [0.25, 0.3) is 5.91 Å². The molecule has 28 heavy (non-hydrogen) atoms. The first-order valence-corrected chi connectivity index (χ1v) is 9.65. The van der Waals surface area contributed by atoms with Crippen LogP contribution in [0.25, 0.3) is 0 Å². The number of ether oxygens (including phenoxy) is 2. The smallest absolute Gasteiger partial charge is 0.259 e. The zero-order valence-corrected chi connectivity index (χ0v) is 16.5. The summed E-state index contributed by atoms with van der Waals surface area (Å²) in [6.07, 6.45) is 1.89. The number of carbonyl (C=O) groups excluding carboxylic acids is 2. The third kappa shape index (κ3) is 4.63. The molecule has 0 atom stereocenters. The molecule has 0 bridgehead atoms. The zero-order valence-electron chi connectivity index (χ0n) is 16.5. The molecule has 2 aromatic rings. The van der Waals surface area contributed by atoms with Crippen molar-refractivity contribution in [2.24, 2.45) is 5.92 Å². The summed E-state index contributed by atoms with van der Waals surface area (Å²) in [6.45, 7) is 6.62. The molecule has 2 N–H and O–H groups in total. The monoisotopic (exact) mass is 382 g/mol. The van der Waals surface area contributed by atoms with Crippen molar-refractivity contribution < 1.29 is 19.1 Å². The molecule has 2 amide bonds. The number of rotatable bonds is 8. The molecule has 3 rings (SSSR count). The maximum absolute atomic E-state index is 12.9. The summed E-state index contributed by atoms with van der Waals surface area (Å²) >= 11 is 0. The van der Waals surface area contributed by atoms with Crippen LogP contribution in [0.5, 0.6) is 11.5 Å². The highest BCUT2D eigenvalue weighted by molar-refractivity contribution is 6.07. The first-order valence-electron chi connectivity index (χ1n) is 9.65. The molecule has 1 aliphatic carbocycles. The van der Waals surface area contributed by atoms with Crippen LogP contribution < -0.4 is 20.1 Å². The van der Waals surface area contributed by atoms with Crippen molar-refractivity contribution >= 4 is 23.2 Å². The second-order valence-electron chi connectivity index (χ2n) is 6.72. The lowest BCUT2D eigenvalue weighted by Gasteiger charge is -2.15. The van der Waals surface area contributed by atoms with Gasteiger partial charge >= 0.3 is 0 Å². The van der Waals surface area contributed by atoms with E-state index in [4.69, 9.17) is 9.47 Å². The van der Waals surface area contributed by atoms with E-state index in [0.29, 0.717) is 41.7 Å². The summed E-state index contributed by atoms with van der Waals surface area (Å²) < 4.78 is 11.1. The number of hydrogen-bond donors (Lipinski definition) is 2. The number of hydrogen-bond acceptors (Lipinski definition) is 4. The van der Waals surface area contributed by atoms with Crippen molar-refractivity contribution in [3.05, 3.63) is 47.5 Å². The van der Waals surface area contributed by atoms with Gasteiger partial charge in [-0.1, -0.05) is 6.07 Å². The second-order valence-corrected chi connectivity index (χ2v) is 6.72. The predicted octanol–water partition coefficient (Wildman–Crippen LogP) is 4.39. The Morgan fingerprint density at radius 3 is 2.32 bits per heavy atom. The number of amides is 2. The standard InChI is InChI=1S/C22H26N2O4/c1-4-27-16-11-12-17(20(13-16)28-5-2)22(26)24-19-8-6-7-18(14(19)3)23-21(25)15-9-10-15/h6-8,11-13,15H,4-5,9-10H2,1-3H3,(H,23,25)(H,24,26). The van der Waals surface area contributed by atoms with E-state index >= 15 is 0 Å². The molecule has 148 valence electrons. The topological polar surface area (TPSA) is 76.7 Å². The molecular weight excluding hydrogens is 356 g/mol. The second kappa shape index (κ2) is 8.78. The van der Waals surface area contributed by atoms with E-state index in [1.54, 1.807) is 18.2 Å². The van der Waals surface area contributed by atoms with Gasteiger partial charge in [-0.2, -0.15) is 0 Å². The van der Waals surface area contributed by atoms with Gasteiger partial charge in [-0.15, -0.1) is 0 Å². The van der Waals surface area contributed by atoms with E-state index in [0.717, 1.165) is 18.4 Å². The molecule has 0 saturated heterocycles. The highest BCUT2D eigenvalue weighted by Gasteiger charge is 2.30. The summed E-state index contributed by atoms with van der Waals surface area (Å²) in [7, 11) is 0. The van der Waals surface area contributed by atoms with Crippen molar-refractivity contribution in [2.75, 3.05) is 23.8 Å². The van der Waals surface area contributed by atoms with Gasteiger partial charge in [0.15, 0.2) is 0 Å². The minimum absolute atomic E-state index is 0.0386. The molecule has 0 aliphatic heterocycles. The Kier molecular flexibility index (Phi) is 6.19. The lowest BCUT2D eigenvalue weighted by atomic mass is 10.1. The minimum atomic E-state index is -0.278. The number of nitrogens with one attached hydrogen (secondary N) is 2. The third-order valence-corrected chi connectivity index (χ3v) is 4.60. The normalized spacial score (nSPS) is 13.0. The summed E-state index contributed by atoms with van der Waals surface area (Å²) in [5.41, 5.74) is 2.60. The lowest BCUT2D eigenvalue weighted by molar-refractivity contribution is -0.117. The average molecular weight is 382 g/mol. The van der Waals surface area contributed by atoms with Crippen LogP contribution in [-0.4, -0.2) is 25.0 Å². The van der Waals surface area contributed by atoms with E-state index in [-0.39, 0.29) is 17.7 Å². The highest BCUT2D eigenvalue weighted by Crippen LogP contribution is 2.32. The van der Waals surface area contributed by atoms with Crippen molar-refractivity contribution in [3.8, 4) is 11.5 Å². The van der Waals surface area contributed by atoms with Gasteiger partial charge in [0.2, 0.25) is 5.91 Å². The van der Waals surface area contributed by atoms with Crippen LogP contribution in [0, 0.1) is 12.8 Å². The van der Waals surface area contributed by atoms with Gasteiger partial charge in [0.1, 0.15) is 11.5 Å². The van der Waals surface area contributed by atoms with Crippen LogP contribution >= 0.6 is 0 Å². The third-order valence-electron chi connectivity index (χ3n) is 4.60. The molecule has 1 saturated carbocycles. The van der Waals surface area contributed by atoms with E-state index in [9.17, 15) is 9.59 Å². The Balaban J connectivity index is 1.79. The summed E-state index contributed by atoms with van der Waals surface area (Å²) in [6, 6.07) is 10.6. The summed E-state index contributed by atoms with van der Waals surface area (Å²) in [5, 5.41) is 5.87. The van der Waals surface area contributed by atoms with Crippen molar-refractivity contribution in [1.29, 1.82) is 0 Å². The zero-order chi connectivity index (χ0) is 20.1. The van der Waals surface area contributed by atoms with Gasteiger partial charge in [0, 0.05) is 23.4 Å². The number of carbonyl (C=O) groups is 2. The van der Waals surface area contributed by atoms with Gasteiger partial charge in [-0.25, -0.2) is 0 Å². The fourth-order valence-electron chi connectivity index (χ4n) is 2.90. The van der Waals surface area contributed by atoms with Crippen LogP contribution in [0.2, 0.25) is 0 Å². The van der Waals surface area contributed by atoms with E-state index < -0.39 is 0 Å². The first kappa shape index (κ1) is 19.7. The molecule has 0 radical (unpaired) electrons. The quantitative estimate of drug-likeness (QED) is 0.710. The SMILES string of the molecule is CCOc1ccc(C(=O)Nc2cccc(NC(=O)C3CC3)c2C)c(OCC)c1. The first-order chi connectivity index (χ1) is 13.5. The van der Waals surface area contributed by atoms with Crippen LogP contribution in [0.4, 0.5) is 11.4 Å². The Hall–Kier alpha value is -3.02. The molecule has 0 heterocycles. The molecule has 1 fully saturated rings. The predicted molar refractivity (Wildman–Crippen MR) is 109 cm³/mol. The van der Waals surface area contributed by atoms with E-state index in [1.807, 2.05) is 39.0 Å². The number of anilines is 2. The fraction of sp³-hybridized carbons (Fsp3) is 0.364. The molecule has 6 nitrogen and oxygen atoms in total. The van der Waals surface area contributed by atoms with Crippen LogP contribution in [0.3, 0.4) is 0 Å². The summed E-state index contributed by atoms with van der Waals surface area (Å²) in [5.74, 6) is 1.01. The molecule has 6 heteroatoms. The van der Waals surface area contributed by atoms with Gasteiger partial charge < -0.3 is 20.1 Å². The Labute approximate surface area is 165 Å². The van der Waals surface area contributed by atoms with Crippen LogP contribution in [0.1, 0.15) is 42.6 Å². The van der Waals surface area contributed by atoms with Crippen molar-refractivity contribution in [3.63, 3.8) is 0 Å². The average Bonchev–Trinajstić information content (AvgIpc) is 3.51. The van der Waals surface area contributed by atoms with Crippen molar-refractivity contribution in [2.45, 2.75) is 33.6 Å². The fourth-order valence-corrected chi connectivity index (χ4v) is 2.90. The highest BCUT2D eigenvalue weighted by atomic mass is 16.5. The molecular formula is C22H26N2O4. The molecule has 2 aromatic carbocycles. The van der Waals surface area contributed by atoms with E-state index in [1.165, 1.54) is 0 Å². The molecule has 0 aromatic heterocycles. The molecule has 0 spiro atoms. The van der Waals surface area contributed by atoms with Gasteiger partial charge in [0.05, 0.1) is 18.8 Å². The maximum atomic E-state index is 12.9. The Morgan fingerprint density at radius 1 is 1.00 bits per heavy atom. The maximum Gasteiger partial charge on any atom is 0.259 e. The van der Waals surface area contributed by atoms with Crippen molar-refractivity contribution in [1.82, 2.24) is 0 Å². The summed E-state index contributed by atoms with van der Waals surface area (Å²) in [4.78, 5) is 24.9. The minimum Gasteiger partial charge on any atom is -0.494 e. The number of benzene rings is 2. The Bertz CT molecular complexity index is 875. The van der Waals surface area contributed by atoms with Crippen LogP contribution in [-0.2, 0) is 4.79 Å². The van der Waals surface area contributed by atoms with Gasteiger partial charge in [-0.3, -0.25) is 9.59 Å². The Morgan fingerprint density at radius 2 is 1.68 bits per heavy atom. The van der Waals surface area contributed by atoms with Crippen LogP contribution in [0.15, 0.2) is 36.4 Å². The molecule has 0 unspecified atom stereocenters.